The molecule has 2 aromatic heterocycles. The fraction of sp³-hybridized carbons (Fsp3) is 0.238. The topological polar surface area (TPSA) is 110 Å². The Bertz CT molecular complexity index is 1290. The summed E-state index contributed by atoms with van der Waals surface area (Å²) in [5.41, 5.74) is 3.25. The fourth-order valence-corrected chi connectivity index (χ4v) is 4.63. The van der Waals surface area contributed by atoms with Crippen LogP contribution in [0.1, 0.15) is 43.3 Å². The van der Waals surface area contributed by atoms with Gasteiger partial charge in [0.2, 0.25) is 0 Å². The fourth-order valence-electron chi connectivity index (χ4n) is 3.37. The Morgan fingerprint density at radius 3 is 2.48 bits per heavy atom. The third-order valence-corrected chi connectivity index (χ3v) is 6.36. The maximum Gasteiger partial charge on any atom is 0.416 e. The van der Waals surface area contributed by atoms with Crippen LogP contribution in [-0.4, -0.2) is 26.8 Å². The zero-order chi connectivity index (χ0) is 24.7. The van der Waals surface area contributed by atoms with E-state index in [2.05, 4.69) is 10.5 Å². The Balaban J connectivity index is 1.95. The molecule has 0 fully saturated rings. The van der Waals surface area contributed by atoms with Gasteiger partial charge in [0.1, 0.15) is 10.7 Å². The van der Waals surface area contributed by atoms with Gasteiger partial charge in [-0.05, 0) is 51.5 Å². The van der Waals surface area contributed by atoms with Gasteiger partial charge in [0, 0.05) is 27.9 Å². The second kappa shape index (κ2) is 8.70. The van der Waals surface area contributed by atoms with Crippen LogP contribution in [0.3, 0.4) is 0 Å². The van der Waals surface area contributed by atoms with Crippen LogP contribution in [0.15, 0.2) is 29.4 Å². The molecule has 3 rings (SSSR count). The number of carbonyl (C=O) groups is 1. The van der Waals surface area contributed by atoms with Crippen molar-refractivity contribution in [2.45, 2.75) is 33.9 Å². The van der Waals surface area contributed by atoms with Gasteiger partial charge in [-0.3, -0.25) is 15.5 Å². The van der Waals surface area contributed by atoms with Crippen molar-refractivity contribution < 1.29 is 28.0 Å². The number of carboxylic acid groups (broad SMARTS) is 1. The first kappa shape index (κ1) is 24.0. The van der Waals surface area contributed by atoms with Crippen molar-refractivity contribution in [1.82, 2.24) is 4.57 Å². The van der Waals surface area contributed by atoms with E-state index < -0.39 is 28.3 Å². The van der Waals surface area contributed by atoms with Crippen molar-refractivity contribution in [3.05, 3.63) is 72.9 Å². The average Bonchev–Trinajstić information content (AvgIpc) is 3.15. The van der Waals surface area contributed by atoms with E-state index in [9.17, 15) is 33.2 Å². The van der Waals surface area contributed by atoms with Crippen LogP contribution in [0.2, 0.25) is 0 Å². The number of nitrogens with zero attached hydrogens (tertiary/aromatic N) is 3. The van der Waals surface area contributed by atoms with Crippen LogP contribution in [0.4, 0.5) is 24.5 Å². The molecule has 0 saturated heterocycles. The number of hydrazone groups is 1. The van der Waals surface area contributed by atoms with E-state index in [1.54, 1.807) is 31.4 Å². The highest BCUT2D eigenvalue weighted by atomic mass is 32.1. The normalized spacial score (nSPS) is 11.8. The number of rotatable bonds is 6. The van der Waals surface area contributed by atoms with Gasteiger partial charge in [0.25, 0.3) is 5.69 Å². The quantitative estimate of drug-likeness (QED) is 0.262. The van der Waals surface area contributed by atoms with Crippen molar-refractivity contribution in [2.75, 3.05) is 5.43 Å². The molecule has 0 radical (unpaired) electrons. The van der Waals surface area contributed by atoms with E-state index in [0.29, 0.717) is 27.9 Å². The lowest BCUT2D eigenvalue weighted by Gasteiger charge is -2.09. The number of nitro groups is 1. The molecule has 2 heterocycles. The van der Waals surface area contributed by atoms with E-state index >= 15 is 0 Å². The number of nitrogens with one attached hydrogen (secondary N) is 1. The molecular weight excluding hydrogens is 461 g/mol. The smallest absolute Gasteiger partial charge is 0.416 e. The van der Waals surface area contributed by atoms with Gasteiger partial charge in [0.05, 0.1) is 22.3 Å². The summed E-state index contributed by atoms with van der Waals surface area (Å²) < 4.78 is 40.4. The van der Waals surface area contributed by atoms with Gasteiger partial charge < -0.3 is 9.67 Å². The Morgan fingerprint density at radius 2 is 1.91 bits per heavy atom. The minimum Gasteiger partial charge on any atom is -0.478 e. The van der Waals surface area contributed by atoms with Crippen LogP contribution in [0.5, 0.6) is 0 Å². The summed E-state index contributed by atoms with van der Waals surface area (Å²) in [6.07, 6.45) is -3.34. The highest BCUT2D eigenvalue weighted by Crippen LogP contribution is 2.36. The van der Waals surface area contributed by atoms with Crippen molar-refractivity contribution in [3.8, 4) is 5.00 Å². The number of nitro benzene ring substituents is 1. The van der Waals surface area contributed by atoms with Gasteiger partial charge >= 0.3 is 12.1 Å². The lowest BCUT2D eigenvalue weighted by atomic mass is 10.1. The highest BCUT2D eigenvalue weighted by molar-refractivity contribution is 7.15. The van der Waals surface area contributed by atoms with Crippen molar-refractivity contribution >= 4 is 34.9 Å². The number of hydrogen-bond donors (Lipinski definition) is 2. The summed E-state index contributed by atoms with van der Waals surface area (Å²) in [7, 11) is 0. The van der Waals surface area contributed by atoms with Crippen molar-refractivity contribution in [1.29, 1.82) is 0 Å². The minimum atomic E-state index is -4.71. The lowest BCUT2D eigenvalue weighted by molar-refractivity contribution is -0.384. The number of hydrogen-bond acceptors (Lipinski definition) is 6. The number of alkyl halides is 3. The van der Waals surface area contributed by atoms with Gasteiger partial charge in [-0.1, -0.05) is 0 Å². The molecular formula is C21H19F3N4O4S. The van der Waals surface area contributed by atoms with E-state index in [4.69, 9.17) is 0 Å². The van der Waals surface area contributed by atoms with E-state index in [-0.39, 0.29) is 11.3 Å². The number of aryl methyl sites for hydroxylation is 2. The zero-order valence-corrected chi connectivity index (χ0v) is 18.8. The summed E-state index contributed by atoms with van der Waals surface area (Å²) in [5.74, 6) is -1.04. The molecule has 2 N–H and O–H groups in total. The summed E-state index contributed by atoms with van der Waals surface area (Å²) in [5, 5.41) is 25.4. The SMILES string of the molecule is Cc1sc(-n2c(C)cc(/C=N\Nc3ccc(C(F)(F)F)cc3[N+](=O)[O-])c2C)c(C(=O)O)c1C. The lowest BCUT2D eigenvalue weighted by Crippen LogP contribution is -2.07. The number of thiophene rings is 1. The first-order valence-corrected chi connectivity index (χ1v) is 10.3. The Labute approximate surface area is 190 Å². The Hall–Kier alpha value is -3.67. The maximum absolute atomic E-state index is 12.9. The molecule has 8 nitrogen and oxygen atoms in total. The minimum absolute atomic E-state index is 0.198. The van der Waals surface area contributed by atoms with Gasteiger partial charge in [-0.15, -0.1) is 11.3 Å². The van der Waals surface area contributed by atoms with Crippen molar-refractivity contribution in [3.63, 3.8) is 0 Å². The monoisotopic (exact) mass is 480 g/mol. The standard InChI is InChI=1S/C21H19F3N4O4S/c1-10-7-14(12(3)27(10)19-18(20(29)30)11(2)13(4)33-19)9-25-26-16-6-5-15(21(22,23)24)8-17(16)28(31)32/h5-9,26H,1-4H3,(H,29,30)/b25-9-. The molecule has 0 spiro atoms. The van der Waals surface area contributed by atoms with Gasteiger partial charge in [0.15, 0.2) is 0 Å². The summed E-state index contributed by atoms with van der Waals surface area (Å²) in [6.45, 7) is 7.16. The highest BCUT2D eigenvalue weighted by Gasteiger charge is 2.33. The van der Waals surface area contributed by atoms with Crippen LogP contribution < -0.4 is 5.43 Å². The molecule has 1 aromatic carbocycles. The molecule has 0 atom stereocenters. The zero-order valence-electron chi connectivity index (χ0n) is 17.9. The number of aromatic carboxylic acids is 1. The molecule has 174 valence electrons. The Morgan fingerprint density at radius 1 is 1.24 bits per heavy atom. The first-order valence-electron chi connectivity index (χ1n) is 9.50. The molecule has 33 heavy (non-hydrogen) atoms. The third-order valence-electron chi connectivity index (χ3n) is 5.16. The van der Waals surface area contributed by atoms with Crippen LogP contribution in [-0.2, 0) is 6.18 Å². The summed E-state index contributed by atoms with van der Waals surface area (Å²) in [4.78, 5) is 23.0. The van der Waals surface area contributed by atoms with E-state index in [1.165, 1.54) is 17.6 Å². The molecule has 0 saturated carbocycles. The number of halogens is 3. The third kappa shape index (κ3) is 4.60. The molecule has 0 amide bonds. The van der Waals surface area contributed by atoms with E-state index in [0.717, 1.165) is 22.7 Å². The van der Waals surface area contributed by atoms with Gasteiger partial charge in [-0.2, -0.15) is 18.3 Å². The largest absolute Gasteiger partial charge is 0.478 e. The number of carboxylic acids is 1. The first-order chi connectivity index (χ1) is 15.3. The van der Waals surface area contributed by atoms with Crippen molar-refractivity contribution in [2.24, 2.45) is 5.10 Å². The molecule has 3 aromatic rings. The van der Waals surface area contributed by atoms with Crippen LogP contribution in [0, 0.1) is 37.8 Å². The number of benzene rings is 1. The van der Waals surface area contributed by atoms with E-state index in [1.807, 2.05) is 6.92 Å². The van der Waals surface area contributed by atoms with Crippen LogP contribution >= 0.6 is 11.3 Å². The average molecular weight is 480 g/mol. The van der Waals surface area contributed by atoms with Crippen LogP contribution in [0.25, 0.3) is 5.00 Å². The predicted octanol–water partition coefficient (Wildman–Crippen LogP) is 5.84. The molecule has 0 aliphatic rings. The molecule has 0 bridgehead atoms. The molecule has 0 aliphatic heterocycles. The number of aromatic nitrogens is 1. The molecule has 12 heteroatoms. The van der Waals surface area contributed by atoms with Gasteiger partial charge in [-0.25, -0.2) is 4.79 Å². The predicted molar refractivity (Wildman–Crippen MR) is 119 cm³/mol. The summed E-state index contributed by atoms with van der Waals surface area (Å²) in [6, 6.07) is 3.87. The number of anilines is 1. The second-order valence-electron chi connectivity index (χ2n) is 7.29. The second-order valence-corrected chi connectivity index (χ2v) is 8.49. The molecule has 0 aliphatic carbocycles. The summed E-state index contributed by atoms with van der Waals surface area (Å²) >= 11 is 1.35. The Kier molecular flexibility index (Phi) is 6.32. The maximum atomic E-state index is 12.9. The molecule has 0 unspecified atom stereocenters.